The molecular weight excluding hydrogens is 400 g/mol. The molecule has 0 amide bonds. The SMILES string of the molecule is C=C(C)C(C)(C)CC[C@@H](C)[C@H]1CC[C@@]2(C)[C@@H]3CC[C@H]4C(C)(C)C(=O)CC[C@@]45C[C@@]35CC[C@]12C. The fourth-order valence-corrected chi connectivity index (χ4v) is 11.1. The van der Waals surface area contributed by atoms with Gasteiger partial charge in [-0.1, -0.05) is 60.6 Å². The highest BCUT2D eigenvalue weighted by Crippen LogP contribution is 2.88. The van der Waals surface area contributed by atoms with Crippen LogP contribution in [0.1, 0.15) is 126 Å². The van der Waals surface area contributed by atoms with Gasteiger partial charge in [-0.3, -0.25) is 4.79 Å². The van der Waals surface area contributed by atoms with E-state index in [2.05, 4.69) is 62.0 Å². The lowest BCUT2D eigenvalue weighted by atomic mass is 9.42. The number of fused-ring (bicyclic) bond motifs is 2. The smallest absolute Gasteiger partial charge is 0.138 e. The predicted octanol–water partition coefficient (Wildman–Crippen LogP) is 9.01. The summed E-state index contributed by atoms with van der Waals surface area (Å²) in [5, 5.41) is 0. The third kappa shape index (κ3) is 2.86. The lowest BCUT2D eigenvalue weighted by Gasteiger charge is -2.62. The largest absolute Gasteiger partial charge is 0.299 e. The van der Waals surface area contributed by atoms with Gasteiger partial charge in [0.15, 0.2) is 0 Å². The van der Waals surface area contributed by atoms with Gasteiger partial charge in [-0.05, 0) is 122 Å². The second-order valence-corrected chi connectivity index (χ2v) is 15.5. The van der Waals surface area contributed by atoms with Crippen molar-refractivity contribution in [3.63, 3.8) is 0 Å². The number of Topliss-reactive ketones (excluding diaryl/α,β-unsaturated/α-hetero) is 1. The normalized spacial score (nSPS) is 48.8. The van der Waals surface area contributed by atoms with Gasteiger partial charge in [0.2, 0.25) is 0 Å². The topological polar surface area (TPSA) is 17.1 Å². The summed E-state index contributed by atoms with van der Waals surface area (Å²) < 4.78 is 0. The van der Waals surface area contributed by atoms with E-state index in [0.29, 0.717) is 33.4 Å². The molecule has 0 aliphatic heterocycles. The highest BCUT2D eigenvalue weighted by Gasteiger charge is 2.82. The molecule has 8 atom stereocenters. The Hall–Kier alpha value is -0.590. The summed E-state index contributed by atoms with van der Waals surface area (Å²) in [6.07, 6.45) is 14.6. The molecule has 0 radical (unpaired) electrons. The molecule has 0 aromatic heterocycles. The average molecular weight is 453 g/mol. The van der Waals surface area contributed by atoms with Gasteiger partial charge in [0, 0.05) is 11.8 Å². The highest BCUT2D eigenvalue weighted by atomic mass is 16.1. The van der Waals surface area contributed by atoms with Crippen LogP contribution in [0.25, 0.3) is 0 Å². The maximum Gasteiger partial charge on any atom is 0.138 e. The van der Waals surface area contributed by atoms with Crippen LogP contribution in [-0.2, 0) is 4.79 Å². The van der Waals surface area contributed by atoms with Gasteiger partial charge >= 0.3 is 0 Å². The van der Waals surface area contributed by atoms with Crippen molar-refractivity contribution < 1.29 is 4.79 Å². The Morgan fingerprint density at radius 3 is 2.27 bits per heavy atom. The van der Waals surface area contributed by atoms with Crippen molar-refractivity contribution in [3.05, 3.63) is 12.2 Å². The van der Waals surface area contributed by atoms with Crippen LogP contribution in [0.3, 0.4) is 0 Å². The van der Waals surface area contributed by atoms with E-state index in [1.165, 1.54) is 69.8 Å². The molecule has 0 aromatic rings. The van der Waals surface area contributed by atoms with Gasteiger partial charge in [-0.15, -0.1) is 0 Å². The Morgan fingerprint density at radius 1 is 0.970 bits per heavy atom. The fraction of sp³-hybridized carbons (Fsp3) is 0.906. The van der Waals surface area contributed by atoms with Crippen molar-refractivity contribution in [2.75, 3.05) is 0 Å². The number of rotatable bonds is 5. The molecule has 5 rings (SSSR count). The van der Waals surface area contributed by atoms with Crippen molar-refractivity contribution in [1.29, 1.82) is 0 Å². The zero-order valence-electron chi connectivity index (χ0n) is 23.2. The molecule has 0 bridgehead atoms. The van der Waals surface area contributed by atoms with Gasteiger partial charge < -0.3 is 0 Å². The number of hydrogen-bond donors (Lipinski definition) is 0. The Balaban J connectivity index is 1.39. The summed E-state index contributed by atoms with van der Waals surface area (Å²) in [6, 6.07) is 0. The fourth-order valence-electron chi connectivity index (χ4n) is 11.1. The molecule has 186 valence electrons. The standard InChI is InChI=1S/C32H52O/c1-21(2)27(4,5)15-12-22(3)23-13-16-30(9)25-11-10-24-28(6,7)26(33)14-17-31(24)20-32(25,31)19-18-29(23,30)8/h22-25H,1,10-20H2,2-9H3/t22-,23-,24+,25+,29-,30+,31-,32+/m1/s1. The third-order valence-electron chi connectivity index (χ3n) is 14.0. The number of allylic oxidation sites excluding steroid dienone is 1. The first kappa shape index (κ1) is 24.1. The van der Waals surface area contributed by atoms with Crippen molar-refractivity contribution >= 4 is 5.78 Å². The van der Waals surface area contributed by atoms with Crippen LogP contribution in [0.15, 0.2) is 12.2 Å². The predicted molar refractivity (Wildman–Crippen MR) is 139 cm³/mol. The second kappa shape index (κ2) is 7.00. The van der Waals surface area contributed by atoms with E-state index in [-0.39, 0.29) is 10.8 Å². The number of ketones is 1. The monoisotopic (exact) mass is 452 g/mol. The van der Waals surface area contributed by atoms with Crippen LogP contribution >= 0.6 is 0 Å². The molecule has 0 aromatic carbocycles. The van der Waals surface area contributed by atoms with E-state index in [1.807, 2.05) is 0 Å². The number of hydrogen-bond acceptors (Lipinski definition) is 1. The molecule has 0 saturated heterocycles. The zero-order chi connectivity index (χ0) is 24.2. The summed E-state index contributed by atoms with van der Waals surface area (Å²) in [4.78, 5) is 12.9. The minimum Gasteiger partial charge on any atom is -0.299 e. The molecule has 0 heterocycles. The lowest BCUT2D eigenvalue weighted by Crippen LogP contribution is -2.57. The van der Waals surface area contributed by atoms with Crippen LogP contribution in [0.4, 0.5) is 0 Å². The molecule has 5 fully saturated rings. The van der Waals surface area contributed by atoms with E-state index < -0.39 is 0 Å². The summed E-state index contributed by atoms with van der Waals surface area (Å²) >= 11 is 0. The number of carbonyl (C=O) groups excluding carboxylic acids is 1. The van der Waals surface area contributed by atoms with Crippen LogP contribution < -0.4 is 0 Å². The lowest BCUT2D eigenvalue weighted by molar-refractivity contribution is -0.157. The Bertz CT molecular complexity index is 864. The molecule has 33 heavy (non-hydrogen) atoms. The van der Waals surface area contributed by atoms with Crippen LogP contribution in [0.2, 0.25) is 0 Å². The van der Waals surface area contributed by atoms with Crippen molar-refractivity contribution in [2.45, 2.75) is 126 Å². The molecule has 1 heteroatoms. The average Bonchev–Trinajstić information content (AvgIpc) is 3.32. The molecule has 2 spiro atoms. The zero-order valence-corrected chi connectivity index (χ0v) is 23.2. The number of carbonyl (C=O) groups is 1. The summed E-state index contributed by atoms with van der Waals surface area (Å²) in [6.45, 7) is 23.9. The Kier molecular flexibility index (Phi) is 5.12. The minimum atomic E-state index is -0.0861. The van der Waals surface area contributed by atoms with Crippen molar-refractivity contribution in [3.8, 4) is 0 Å². The summed E-state index contributed by atoms with van der Waals surface area (Å²) in [7, 11) is 0. The summed E-state index contributed by atoms with van der Waals surface area (Å²) in [5.74, 6) is 3.78. The molecule has 0 N–H and O–H groups in total. The van der Waals surface area contributed by atoms with E-state index in [1.54, 1.807) is 0 Å². The van der Waals surface area contributed by atoms with Crippen LogP contribution in [0.5, 0.6) is 0 Å². The van der Waals surface area contributed by atoms with E-state index in [0.717, 1.165) is 24.2 Å². The van der Waals surface area contributed by atoms with E-state index in [9.17, 15) is 4.79 Å². The maximum absolute atomic E-state index is 12.9. The second-order valence-electron chi connectivity index (χ2n) is 15.5. The van der Waals surface area contributed by atoms with Gasteiger partial charge in [0.05, 0.1) is 0 Å². The van der Waals surface area contributed by atoms with Crippen molar-refractivity contribution in [2.24, 2.45) is 56.2 Å². The minimum absolute atomic E-state index is 0.0861. The molecular formula is C32H52O. The third-order valence-corrected chi connectivity index (χ3v) is 14.0. The van der Waals surface area contributed by atoms with Crippen LogP contribution in [0, 0.1) is 56.2 Å². The molecule has 5 aliphatic rings. The quantitative estimate of drug-likeness (QED) is 0.380. The first-order valence-electron chi connectivity index (χ1n) is 14.4. The highest BCUT2D eigenvalue weighted by molar-refractivity contribution is 5.86. The van der Waals surface area contributed by atoms with Gasteiger partial charge in [0.1, 0.15) is 5.78 Å². The Morgan fingerprint density at radius 2 is 1.61 bits per heavy atom. The van der Waals surface area contributed by atoms with E-state index in [4.69, 9.17) is 0 Å². The summed E-state index contributed by atoms with van der Waals surface area (Å²) in [5.41, 5.74) is 3.58. The van der Waals surface area contributed by atoms with Crippen LogP contribution in [-0.4, -0.2) is 5.78 Å². The van der Waals surface area contributed by atoms with Gasteiger partial charge in [-0.25, -0.2) is 0 Å². The van der Waals surface area contributed by atoms with E-state index >= 15 is 0 Å². The maximum atomic E-state index is 12.9. The van der Waals surface area contributed by atoms with Gasteiger partial charge in [0.25, 0.3) is 0 Å². The van der Waals surface area contributed by atoms with Gasteiger partial charge in [-0.2, -0.15) is 0 Å². The Labute approximate surface area is 204 Å². The first-order chi connectivity index (χ1) is 15.2. The molecule has 5 aliphatic carbocycles. The first-order valence-corrected chi connectivity index (χ1v) is 14.4. The molecule has 0 unspecified atom stereocenters. The molecule has 1 nitrogen and oxygen atoms in total. The van der Waals surface area contributed by atoms with Crippen molar-refractivity contribution in [1.82, 2.24) is 0 Å². The molecule has 5 saturated carbocycles.